The summed E-state index contributed by atoms with van der Waals surface area (Å²) in [6.07, 6.45) is 2.00. The third-order valence-electron chi connectivity index (χ3n) is 4.90. The first-order chi connectivity index (χ1) is 14.3. The highest BCUT2D eigenvalue weighted by Gasteiger charge is 2.20. The lowest BCUT2D eigenvalue weighted by Crippen LogP contribution is -2.25. The molecule has 2 heterocycles. The van der Waals surface area contributed by atoms with Crippen molar-refractivity contribution in [3.63, 3.8) is 0 Å². The van der Waals surface area contributed by atoms with Gasteiger partial charge in [-0.15, -0.1) is 10.2 Å². The summed E-state index contributed by atoms with van der Waals surface area (Å²) in [7, 11) is 1.68. The Hall–Kier alpha value is -2.35. The molecule has 0 radical (unpaired) electrons. The van der Waals surface area contributed by atoms with Gasteiger partial charge in [-0.1, -0.05) is 54.2 Å². The highest BCUT2D eigenvalue weighted by Crippen LogP contribution is 2.31. The maximum absolute atomic E-state index is 5.68. The number of nitrogens with zero attached hydrogens (tertiary/aromatic N) is 3. The van der Waals surface area contributed by atoms with Gasteiger partial charge in [-0.25, -0.2) is 0 Å². The number of hydrogen-bond acceptors (Lipinski definition) is 6. The van der Waals surface area contributed by atoms with Crippen LogP contribution in [0.4, 0.5) is 0 Å². The first-order valence-corrected chi connectivity index (χ1v) is 10.8. The molecule has 4 rings (SSSR count). The minimum Gasteiger partial charge on any atom is -0.496 e. The fourth-order valence-corrected chi connectivity index (χ4v) is 4.34. The molecule has 1 aliphatic heterocycles. The van der Waals surface area contributed by atoms with Crippen molar-refractivity contribution >= 4 is 11.8 Å². The summed E-state index contributed by atoms with van der Waals surface area (Å²) in [5.74, 6) is 2.46. The molecule has 1 aromatic heterocycles. The fraction of sp³-hybridized carbons (Fsp3) is 0.364. The van der Waals surface area contributed by atoms with Crippen molar-refractivity contribution in [2.45, 2.75) is 30.6 Å². The molecule has 0 spiro atoms. The summed E-state index contributed by atoms with van der Waals surface area (Å²) in [6.45, 7) is 1.91. The first-order valence-electron chi connectivity index (χ1n) is 9.78. The molecule has 0 aliphatic carbocycles. The number of rotatable bonds is 8. The van der Waals surface area contributed by atoms with Gasteiger partial charge in [0.15, 0.2) is 11.0 Å². The van der Waals surface area contributed by atoms with Crippen molar-refractivity contribution in [3.05, 3.63) is 60.2 Å². The van der Waals surface area contributed by atoms with Gasteiger partial charge in [-0.05, 0) is 30.5 Å². The Morgan fingerprint density at radius 2 is 1.93 bits per heavy atom. The lowest BCUT2D eigenvalue weighted by molar-refractivity contribution is -0.130. The Kier molecular flexibility index (Phi) is 6.82. The molecule has 1 atom stereocenters. The summed E-state index contributed by atoms with van der Waals surface area (Å²) >= 11 is 1.69. The van der Waals surface area contributed by atoms with E-state index in [0.29, 0.717) is 6.79 Å². The Morgan fingerprint density at radius 1 is 1.10 bits per heavy atom. The SMILES string of the molecule is COc1ccccc1-c1nnc(SCC2CCOCO2)n1CCc1ccccc1. The zero-order chi connectivity index (χ0) is 19.9. The Balaban J connectivity index is 1.59. The lowest BCUT2D eigenvalue weighted by Gasteiger charge is -2.22. The van der Waals surface area contributed by atoms with Gasteiger partial charge in [0.1, 0.15) is 12.5 Å². The number of aryl methyl sites for hydroxylation is 1. The molecule has 2 aromatic carbocycles. The summed E-state index contributed by atoms with van der Waals surface area (Å²) < 4.78 is 18.7. The van der Waals surface area contributed by atoms with Crippen LogP contribution in [0.5, 0.6) is 5.75 Å². The average molecular weight is 412 g/mol. The molecule has 1 aliphatic rings. The van der Waals surface area contributed by atoms with Gasteiger partial charge >= 0.3 is 0 Å². The van der Waals surface area contributed by atoms with E-state index in [0.717, 1.165) is 54.0 Å². The number of methoxy groups -OCH3 is 1. The molecule has 1 saturated heterocycles. The molecule has 1 fully saturated rings. The van der Waals surface area contributed by atoms with E-state index in [9.17, 15) is 0 Å². The van der Waals surface area contributed by atoms with Gasteiger partial charge in [-0.3, -0.25) is 0 Å². The van der Waals surface area contributed by atoms with Crippen LogP contribution in [-0.4, -0.2) is 47.1 Å². The van der Waals surface area contributed by atoms with Gasteiger partial charge in [0.05, 0.1) is 25.4 Å². The van der Waals surface area contributed by atoms with Gasteiger partial charge in [0.2, 0.25) is 0 Å². The van der Waals surface area contributed by atoms with Crippen LogP contribution in [0.1, 0.15) is 12.0 Å². The van der Waals surface area contributed by atoms with Gasteiger partial charge < -0.3 is 18.8 Å². The van der Waals surface area contributed by atoms with Crippen LogP contribution in [0.15, 0.2) is 59.8 Å². The first kappa shape index (κ1) is 19.9. The highest BCUT2D eigenvalue weighted by atomic mass is 32.2. The number of para-hydroxylation sites is 1. The third-order valence-corrected chi connectivity index (χ3v) is 6.00. The molecule has 7 heteroatoms. The topological polar surface area (TPSA) is 58.4 Å². The molecule has 0 N–H and O–H groups in total. The third kappa shape index (κ3) is 4.98. The van der Waals surface area contributed by atoms with Crippen LogP contribution in [0.2, 0.25) is 0 Å². The zero-order valence-corrected chi connectivity index (χ0v) is 17.3. The average Bonchev–Trinajstić information content (AvgIpc) is 3.20. The molecule has 0 bridgehead atoms. The van der Waals surface area contributed by atoms with Crippen LogP contribution in [0.3, 0.4) is 0 Å². The molecule has 0 saturated carbocycles. The van der Waals surface area contributed by atoms with Crippen molar-refractivity contribution in [2.75, 3.05) is 26.3 Å². The van der Waals surface area contributed by atoms with E-state index < -0.39 is 0 Å². The van der Waals surface area contributed by atoms with Crippen LogP contribution >= 0.6 is 11.8 Å². The molecule has 29 heavy (non-hydrogen) atoms. The Labute approximate surface area is 175 Å². The van der Waals surface area contributed by atoms with E-state index >= 15 is 0 Å². The number of hydrogen-bond donors (Lipinski definition) is 0. The Bertz CT molecular complexity index is 911. The molecule has 0 amide bonds. The summed E-state index contributed by atoms with van der Waals surface area (Å²) in [5.41, 5.74) is 2.24. The van der Waals surface area contributed by atoms with Crippen molar-refractivity contribution in [2.24, 2.45) is 0 Å². The standard InChI is InChI=1S/C22H25N3O3S/c1-26-20-10-6-5-9-19(20)21-23-24-22(29-15-18-12-14-27-16-28-18)25(21)13-11-17-7-3-2-4-8-17/h2-10,18H,11-16H2,1H3. The second kappa shape index (κ2) is 9.91. The number of benzene rings is 2. The van der Waals surface area contributed by atoms with Crippen molar-refractivity contribution in [1.29, 1.82) is 0 Å². The number of aromatic nitrogens is 3. The zero-order valence-electron chi connectivity index (χ0n) is 16.5. The summed E-state index contributed by atoms with van der Waals surface area (Å²) in [4.78, 5) is 0. The van der Waals surface area contributed by atoms with Crippen molar-refractivity contribution < 1.29 is 14.2 Å². The molecule has 152 valence electrons. The van der Waals surface area contributed by atoms with Gasteiger partial charge in [0.25, 0.3) is 0 Å². The van der Waals surface area contributed by atoms with Crippen LogP contribution < -0.4 is 4.74 Å². The highest BCUT2D eigenvalue weighted by molar-refractivity contribution is 7.99. The molecule has 3 aromatic rings. The largest absolute Gasteiger partial charge is 0.496 e. The Morgan fingerprint density at radius 3 is 2.72 bits per heavy atom. The maximum atomic E-state index is 5.68. The van der Waals surface area contributed by atoms with Crippen LogP contribution in [0, 0.1) is 0 Å². The fourth-order valence-electron chi connectivity index (χ4n) is 3.31. The quantitative estimate of drug-likeness (QED) is 0.521. The number of ether oxygens (including phenoxy) is 3. The van der Waals surface area contributed by atoms with E-state index in [1.807, 2.05) is 30.3 Å². The molecular formula is C22H25N3O3S. The van der Waals surface area contributed by atoms with E-state index in [1.165, 1.54) is 5.56 Å². The van der Waals surface area contributed by atoms with E-state index in [-0.39, 0.29) is 6.10 Å². The molecular weight excluding hydrogens is 386 g/mol. The summed E-state index contributed by atoms with van der Waals surface area (Å²) in [5, 5.41) is 9.92. The van der Waals surface area contributed by atoms with E-state index in [4.69, 9.17) is 14.2 Å². The molecule has 1 unspecified atom stereocenters. The normalized spacial score (nSPS) is 16.7. The lowest BCUT2D eigenvalue weighted by atomic mass is 10.1. The minimum absolute atomic E-state index is 0.183. The predicted octanol–water partition coefficient (Wildman–Crippen LogP) is 4.05. The molecule has 6 nitrogen and oxygen atoms in total. The van der Waals surface area contributed by atoms with Crippen molar-refractivity contribution in [1.82, 2.24) is 14.8 Å². The van der Waals surface area contributed by atoms with Crippen LogP contribution in [-0.2, 0) is 22.4 Å². The van der Waals surface area contributed by atoms with E-state index in [2.05, 4.69) is 39.0 Å². The number of thioether (sulfide) groups is 1. The minimum atomic E-state index is 0.183. The predicted molar refractivity (Wildman–Crippen MR) is 113 cm³/mol. The monoisotopic (exact) mass is 411 g/mol. The van der Waals surface area contributed by atoms with Crippen molar-refractivity contribution in [3.8, 4) is 17.1 Å². The van der Waals surface area contributed by atoms with Gasteiger partial charge in [-0.2, -0.15) is 0 Å². The second-order valence-corrected chi connectivity index (χ2v) is 7.80. The maximum Gasteiger partial charge on any atom is 0.191 e. The smallest absolute Gasteiger partial charge is 0.191 e. The van der Waals surface area contributed by atoms with Crippen LogP contribution in [0.25, 0.3) is 11.4 Å². The van der Waals surface area contributed by atoms with Gasteiger partial charge in [0, 0.05) is 12.3 Å². The second-order valence-electron chi connectivity index (χ2n) is 6.81. The van der Waals surface area contributed by atoms with E-state index in [1.54, 1.807) is 18.9 Å². The summed E-state index contributed by atoms with van der Waals surface area (Å²) in [6, 6.07) is 18.4.